The van der Waals surface area contributed by atoms with Crippen LogP contribution in [0.4, 0.5) is 0 Å². The van der Waals surface area contributed by atoms with Gasteiger partial charge in [0.05, 0.1) is 12.6 Å². The number of nitrogens with one attached hydrogen (secondary N) is 2. The van der Waals surface area contributed by atoms with Gasteiger partial charge < -0.3 is 10.6 Å². The van der Waals surface area contributed by atoms with E-state index < -0.39 is 0 Å². The van der Waals surface area contributed by atoms with Crippen molar-refractivity contribution in [3.63, 3.8) is 0 Å². The maximum atomic E-state index is 11.6. The predicted molar refractivity (Wildman–Crippen MR) is 64.4 cm³/mol. The molecule has 0 saturated carbocycles. The fourth-order valence-corrected chi connectivity index (χ4v) is 2.26. The van der Waals surface area contributed by atoms with E-state index in [-0.39, 0.29) is 24.4 Å². The van der Waals surface area contributed by atoms with Crippen molar-refractivity contribution in [1.29, 1.82) is 0 Å². The molecule has 1 atom stereocenters. The van der Waals surface area contributed by atoms with Gasteiger partial charge in [0.15, 0.2) is 0 Å². The van der Waals surface area contributed by atoms with Crippen molar-refractivity contribution in [3.05, 3.63) is 22.4 Å². The zero-order valence-corrected chi connectivity index (χ0v) is 10.00. The third kappa shape index (κ3) is 3.48. The number of halogens is 1. The zero-order chi connectivity index (χ0) is 9.80. The minimum absolute atomic E-state index is 0. The molecule has 0 radical (unpaired) electrons. The number of thiophene rings is 1. The Kier molecular flexibility index (Phi) is 5.08. The summed E-state index contributed by atoms with van der Waals surface area (Å²) >= 11 is 1.67. The first-order valence-electron chi connectivity index (χ1n) is 4.90. The van der Waals surface area contributed by atoms with E-state index >= 15 is 0 Å². The Bertz CT molecular complexity index is 296. The fourth-order valence-electron chi connectivity index (χ4n) is 1.62. The molecule has 0 aliphatic carbocycles. The van der Waals surface area contributed by atoms with Crippen LogP contribution in [0.1, 0.15) is 17.7 Å². The molecule has 0 unspecified atom stereocenters. The summed E-state index contributed by atoms with van der Waals surface area (Å²) in [5.74, 6) is 0.135. The Morgan fingerprint density at radius 1 is 1.67 bits per heavy atom. The highest BCUT2D eigenvalue weighted by molar-refractivity contribution is 7.09. The molecule has 1 fully saturated rings. The summed E-state index contributed by atoms with van der Waals surface area (Å²) in [7, 11) is 0. The SMILES string of the molecule is Cl.O=C(NCc1cccs1)[C@@H]1CCCN1. The quantitative estimate of drug-likeness (QED) is 0.850. The van der Waals surface area contributed by atoms with Gasteiger partial charge in [0, 0.05) is 4.88 Å². The van der Waals surface area contributed by atoms with Gasteiger partial charge in [-0.15, -0.1) is 23.7 Å². The third-order valence-electron chi connectivity index (χ3n) is 2.39. The molecule has 1 amide bonds. The van der Waals surface area contributed by atoms with Crippen LogP contribution in [0.15, 0.2) is 17.5 Å². The Balaban J connectivity index is 0.00000112. The first-order valence-corrected chi connectivity index (χ1v) is 5.78. The smallest absolute Gasteiger partial charge is 0.237 e. The van der Waals surface area contributed by atoms with E-state index in [1.165, 1.54) is 4.88 Å². The van der Waals surface area contributed by atoms with Crippen molar-refractivity contribution in [2.24, 2.45) is 0 Å². The third-order valence-corrected chi connectivity index (χ3v) is 3.27. The molecule has 3 nitrogen and oxygen atoms in total. The molecule has 1 aliphatic heterocycles. The lowest BCUT2D eigenvalue weighted by Crippen LogP contribution is -2.39. The van der Waals surface area contributed by atoms with Crippen LogP contribution in [-0.4, -0.2) is 18.5 Å². The van der Waals surface area contributed by atoms with Gasteiger partial charge in [-0.3, -0.25) is 4.79 Å². The first kappa shape index (κ1) is 12.5. The van der Waals surface area contributed by atoms with Crippen molar-refractivity contribution in [2.75, 3.05) is 6.54 Å². The molecule has 1 aliphatic rings. The summed E-state index contributed by atoms with van der Waals surface area (Å²) in [4.78, 5) is 12.8. The van der Waals surface area contributed by atoms with Gasteiger partial charge in [-0.2, -0.15) is 0 Å². The van der Waals surface area contributed by atoms with Crippen LogP contribution in [0.5, 0.6) is 0 Å². The molecule has 15 heavy (non-hydrogen) atoms. The summed E-state index contributed by atoms with van der Waals surface area (Å²) in [6.07, 6.45) is 2.08. The average Bonchev–Trinajstić information content (AvgIpc) is 2.87. The summed E-state index contributed by atoms with van der Waals surface area (Å²) in [5, 5.41) is 8.14. The number of carbonyl (C=O) groups excluding carboxylic acids is 1. The highest BCUT2D eigenvalue weighted by atomic mass is 35.5. The van der Waals surface area contributed by atoms with Crippen molar-refractivity contribution in [2.45, 2.75) is 25.4 Å². The fraction of sp³-hybridized carbons (Fsp3) is 0.500. The van der Waals surface area contributed by atoms with Crippen LogP contribution in [-0.2, 0) is 11.3 Å². The van der Waals surface area contributed by atoms with E-state index in [1.54, 1.807) is 11.3 Å². The minimum Gasteiger partial charge on any atom is -0.350 e. The number of rotatable bonds is 3. The van der Waals surface area contributed by atoms with Crippen LogP contribution < -0.4 is 10.6 Å². The van der Waals surface area contributed by atoms with Crippen LogP contribution in [0.2, 0.25) is 0 Å². The lowest BCUT2D eigenvalue weighted by molar-refractivity contribution is -0.122. The zero-order valence-electron chi connectivity index (χ0n) is 8.36. The van der Waals surface area contributed by atoms with Gasteiger partial charge >= 0.3 is 0 Å². The summed E-state index contributed by atoms with van der Waals surface area (Å²) in [6, 6.07) is 4.07. The molecule has 5 heteroatoms. The summed E-state index contributed by atoms with van der Waals surface area (Å²) in [6.45, 7) is 1.63. The number of hydrogen-bond acceptors (Lipinski definition) is 3. The van der Waals surface area contributed by atoms with Crippen LogP contribution in [0.25, 0.3) is 0 Å². The highest BCUT2D eigenvalue weighted by Crippen LogP contribution is 2.09. The van der Waals surface area contributed by atoms with Crippen molar-refractivity contribution in [1.82, 2.24) is 10.6 Å². The molecular formula is C10H15ClN2OS. The van der Waals surface area contributed by atoms with E-state index in [9.17, 15) is 4.79 Å². The Morgan fingerprint density at radius 2 is 2.53 bits per heavy atom. The molecule has 0 spiro atoms. The van der Waals surface area contributed by atoms with Crippen molar-refractivity contribution < 1.29 is 4.79 Å². The van der Waals surface area contributed by atoms with Gasteiger partial charge in [-0.05, 0) is 30.8 Å². The second kappa shape index (κ2) is 6.10. The van der Waals surface area contributed by atoms with E-state index in [4.69, 9.17) is 0 Å². The molecular weight excluding hydrogens is 232 g/mol. The van der Waals surface area contributed by atoms with Crippen molar-refractivity contribution in [3.8, 4) is 0 Å². The maximum Gasteiger partial charge on any atom is 0.237 e. The lowest BCUT2D eigenvalue weighted by atomic mass is 10.2. The number of hydrogen-bond donors (Lipinski definition) is 2. The Hall–Kier alpha value is -0.580. The number of carbonyl (C=O) groups is 1. The van der Waals surface area contributed by atoms with Gasteiger partial charge in [0.1, 0.15) is 0 Å². The molecule has 1 aromatic rings. The lowest BCUT2D eigenvalue weighted by Gasteiger charge is -2.09. The molecule has 84 valence electrons. The predicted octanol–water partition coefficient (Wildman–Crippen LogP) is 1.54. The average molecular weight is 247 g/mol. The highest BCUT2D eigenvalue weighted by Gasteiger charge is 2.21. The van der Waals surface area contributed by atoms with Gasteiger partial charge in [-0.1, -0.05) is 6.07 Å². The minimum atomic E-state index is 0. The topological polar surface area (TPSA) is 41.1 Å². The first-order chi connectivity index (χ1) is 6.86. The second-order valence-corrected chi connectivity index (χ2v) is 4.48. The Labute approximate surface area is 99.7 Å². The second-order valence-electron chi connectivity index (χ2n) is 3.45. The molecule has 1 saturated heterocycles. The Morgan fingerprint density at radius 3 is 3.13 bits per heavy atom. The number of amides is 1. The van der Waals surface area contributed by atoms with Crippen LogP contribution in [0.3, 0.4) is 0 Å². The molecule has 2 heterocycles. The van der Waals surface area contributed by atoms with E-state index in [0.29, 0.717) is 6.54 Å². The summed E-state index contributed by atoms with van der Waals surface area (Å²) < 4.78 is 0. The van der Waals surface area contributed by atoms with Crippen LogP contribution in [0, 0.1) is 0 Å². The molecule has 1 aromatic heterocycles. The van der Waals surface area contributed by atoms with Crippen molar-refractivity contribution >= 4 is 29.7 Å². The van der Waals surface area contributed by atoms with E-state index in [1.807, 2.05) is 17.5 Å². The molecule has 2 N–H and O–H groups in total. The van der Waals surface area contributed by atoms with Crippen LogP contribution >= 0.6 is 23.7 Å². The van der Waals surface area contributed by atoms with E-state index in [2.05, 4.69) is 10.6 Å². The van der Waals surface area contributed by atoms with Gasteiger partial charge in [0.25, 0.3) is 0 Å². The monoisotopic (exact) mass is 246 g/mol. The van der Waals surface area contributed by atoms with Gasteiger partial charge in [-0.25, -0.2) is 0 Å². The molecule has 0 aromatic carbocycles. The summed E-state index contributed by atoms with van der Waals surface area (Å²) in [5.41, 5.74) is 0. The molecule has 0 bridgehead atoms. The largest absolute Gasteiger partial charge is 0.350 e. The maximum absolute atomic E-state index is 11.6. The van der Waals surface area contributed by atoms with E-state index in [0.717, 1.165) is 19.4 Å². The van der Waals surface area contributed by atoms with Gasteiger partial charge in [0.2, 0.25) is 5.91 Å². The normalized spacial score (nSPS) is 19.6. The molecule has 2 rings (SSSR count). The standard InChI is InChI=1S/C10H14N2OS.ClH/c13-10(9-4-1-5-11-9)12-7-8-3-2-6-14-8;/h2-3,6,9,11H,1,4-5,7H2,(H,12,13);1H/t9-;/m0./s1.